The van der Waals surface area contributed by atoms with Crippen molar-refractivity contribution in [1.29, 1.82) is 0 Å². The molecule has 1 unspecified atom stereocenters. The minimum atomic E-state index is -0.597. The maximum Gasteiger partial charge on any atom is 0.408 e. The molecule has 1 aromatic heterocycles. The molecule has 1 aliphatic heterocycles. The number of amides is 2. The normalized spacial score (nSPS) is 16.5. The van der Waals surface area contributed by atoms with Gasteiger partial charge >= 0.3 is 6.09 Å². The van der Waals surface area contributed by atoms with Gasteiger partial charge in [-0.25, -0.2) is 4.79 Å². The molecule has 2 heterocycles. The van der Waals surface area contributed by atoms with Gasteiger partial charge in [-0.15, -0.1) is 0 Å². The second-order valence-corrected chi connectivity index (χ2v) is 7.37. The summed E-state index contributed by atoms with van der Waals surface area (Å²) in [7, 11) is 0. The highest BCUT2D eigenvalue weighted by atomic mass is 16.6. The van der Waals surface area contributed by atoms with Crippen LogP contribution in [0.2, 0.25) is 0 Å². The largest absolute Gasteiger partial charge is 0.465 e. The van der Waals surface area contributed by atoms with E-state index in [9.17, 15) is 9.59 Å². The lowest BCUT2D eigenvalue weighted by Crippen LogP contribution is -2.42. The van der Waals surface area contributed by atoms with Crippen LogP contribution >= 0.6 is 0 Å². The Morgan fingerprint density at radius 2 is 1.92 bits per heavy atom. The summed E-state index contributed by atoms with van der Waals surface area (Å²) in [6.45, 7) is 9.57. The highest BCUT2D eigenvalue weighted by Crippen LogP contribution is 2.26. The molecule has 25 heavy (non-hydrogen) atoms. The van der Waals surface area contributed by atoms with E-state index in [-0.39, 0.29) is 18.5 Å². The van der Waals surface area contributed by atoms with E-state index >= 15 is 0 Å². The van der Waals surface area contributed by atoms with Gasteiger partial charge in [0.15, 0.2) is 0 Å². The van der Waals surface area contributed by atoms with Crippen molar-refractivity contribution < 1.29 is 18.7 Å². The molecule has 0 saturated carbocycles. The Balaban J connectivity index is 1.83. The Morgan fingerprint density at radius 1 is 1.24 bits per heavy atom. The minimum absolute atomic E-state index is 0.0154. The molecule has 0 aliphatic carbocycles. The van der Waals surface area contributed by atoms with Crippen LogP contribution in [0.15, 0.2) is 16.5 Å². The van der Waals surface area contributed by atoms with Crippen LogP contribution in [0.3, 0.4) is 0 Å². The predicted molar refractivity (Wildman–Crippen MR) is 94.2 cm³/mol. The number of ether oxygens (including phenoxy) is 1. The zero-order valence-corrected chi connectivity index (χ0v) is 15.6. The van der Waals surface area contributed by atoms with Crippen LogP contribution in [0.4, 0.5) is 4.79 Å². The summed E-state index contributed by atoms with van der Waals surface area (Å²) < 4.78 is 10.9. The lowest BCUT2D eigenvalue weighted by atomic mass is 10.2. The van der Waals surface area contributed by atoms with Crippen molar-refractivity contribution in [3.63, 3.8) is 0 Å². The number of hydrogen-bond donors (Lipinski definition) is 2. The highest BCUT2D eigenvalue weighted by molar-refractivity contribution is 5.82. The zero-order chi connectivity index (χ0) is 18.4. The van der Waals surface area contributed by atoms with Crippen LogP contribution in [-0.4, -0.2) is 48.7 Å². The van der Waals surface area contributed by atoms with Crippen molar-refractivity contribution in [3.8, 4) is 0 Å². The SMILES string of the molecule is Cc1ccc(C(CNC(=O)CNC(=O)OC(C)(C)C)N2CCCC2)o1. The second kappa shape index (κ2) is 8.38. The van der Waals surface area contributed by atoms with Crippen LogP contribution in [0, 0.1) is 6.92 Å². The standard InChI is InChI=1S/C18H29N3O4/c1-13-7-8-15(24-13)14(21-9-5-6-10-21)11-19-16(22)12-20-17(23)25-18(2,3)4/h7-8,14H,5-6,9-12H2,1-4H3,(H,19,22)(H,20,23). The third-order valence-corrected chi connectivity index (χ3v) is 3.96. The van der Waals surface area contributed by atoms with Gasteiger partial charge < -0.3 is 19.8 Å². The van der Waals surface area contributed by atoms with Gasteiger partial charge in [-0.2, -0.15) is 0 Å². The number of rotatable bonds is 6. The summed E-state index contributed by atoms with van der Waals surface area (Å²) in [6, 6.07) is 3.91. The van der Waals surface area contributed by atoms with Crippen LogP contribution in [-0.2, 0) is 9.53 Å². The molecule has 2 amide bonds. The van der Waals surface area contributed by atoms with Gasteiger partial charge in [0.05, 0.1) is 12.6 Å². The first-order valence-electron chi connectivity index (χ1n) is 8.78. The highest BCUT2D eigenvalue weighted by Gasteiger charge is 2.26. The molecule has 7 heteroatoms. The van der Waals surface area contributed by atoms with Crippen LogP contribution in [0.1, 0.15) is 51.2 Å². The summed E-state index contributed by atoms with van der Waals surface area (Å²) in [4.78, 5) is 26.0. The average Bonchev–Trinajstić information content (AvgIpc) is 3.16. The summed E-state index contributed by atoms with van der Waals surface area (Å²) in [6.07, 6.45) is 1.72. The van der Waals surface area contributed by atoms with Gasteiger partial charge in [0.25, 0.3) is 0 Å². The molecule has 2 rings (SSSR count). The third kappa shape index (κ3) is 6.42. The van der Waals surface area contributed by atoms with E-state index in [4.69, 9.17) is 9.15 Å². The fraction of sp³-hybridized carbons (Fsp3) is 0.667. The maximum atomic E-state index is 12.0. The number of carbonyl (C=O) groups excluding carboxylic acids is 2. The quantitative estimate of drug-likeness (QED) is 0.822. The van der Waals surface area contributed by atoms with E-state index in [1.54, 1.807) is 20.8 Å². The number of likely N-dealkylation sites (tertiary alicyclic amines) is 1. The Kier molecular flexibility index (Phi) is 6.47. The van der Waals surface area contributed by atoms with Crippen LogP contribution < -0.4 is 10.6 Å². The van der Waals surface area contributed by atoms with Gasteiger partial charge in [-0.05, 0) is 65.8 Å². The fourth-order valence-electron chi connectivity index (χ4n) is 2.84. The van der Waals surface area contributed by atoms with Crippen molar-refractivity contribution in [1.82, 2.24) is 15.5 Å². The number of alkyl carbamates (subject to hydrolysis) is 1. The Morgan fingerprint density at radius 3 is 2.48 bits per heavy atom. The lowest BCUT2D eigenvalue weighted by Gasteiger charge is -2.26. The van der Waals surface area contributed by atoms with Crippen LogP contribution in [0.25, 0.3) is 0 Å². The second-order valence-electron chi connectivity index (χ2n) is 7.37. The molecule has 0 aromatic carbocycles. The van der Waals surface area contributed by atoms with E-state index < -0.39 is 11.7 Å². The third-order valence-electron chi connectivity index (χ3n) is 3.96. The van der Waals surface area contributed by atoms with E-state index in [1.807, 2.05) is 19.1 Å². The van der Waals surface area contributed by atoms with Crippen LogP contribution in [0.5, 0.6) is 0 Å². The molecule has 0 bridgehead atoms. The number of nitrogens with zero attached hydrogens (tertiary/aromatic N) is 1. The molecule has 1 aromatic rings. The average molecular weight is 351 g/mol. The van der Waals surface area contributed by atoms with Crippen molar-refractivity contribution in [2.75, 3.05) is 26.2 Å². The number of aryl methyl sites for hydroxylation is 1. The lowest BCUT2D eigenvalue weighted by molar-refractivity contribution is -0.120. The monoisotopic (exact) mass is 351 g/mol. The topological polar surface area (TPSA) is 83.8 Å². The summed E-state index contributed by atoms with van der Waals surface area (Å²) in [5.41, 5.74) is -0.585. The molecule has 7 nitrogen and oxygen atoms in total. The number of nitrogens with one attached hydrogen (secondary N) is 2. The summed E-state index contributed by atoms with van der Waals surface area (Å²) in [5.74, 6) is 1.47. The zero-order valence-electron chi connectivity index (χ0n) is 15.6. The van der Waals surface area contributed by atoms with Gasteiger partial charge in [0.1, 0.15) is 17.1 Å². The number of hydrogen-bond acceptors (Lipinski definition) is 5. The minimum Gasteiger partial charge on any atom is -0.465 e. The molecular weight excluding hydrogens is 322 g/mol. The molecular formula is C18H29N3O4. The first-order valence-corrected chi connectivity index (χ1v) is 8.78. The van der Waals surface area contributed by atoms with E-state index in [0.717, 1.165) is 37.5 Å². The van der Waals surface area contributed by atoms with Gasteiger partial charge in [0.2, 0.25) is 5.91 Å². The number of furan rings is 1. The molecule has 1 aliphatic rings. The molecule has 0 radical (unpaired) electrons. The molecule has 1 atom stereocenters. The first-order chi connectivity index (χ1) is 11.7. The van der Waals surface area contributed by atoms with Gasteiger partial charge in [0, 0.05) is 6.54 Å². The molecule has 2 N–H and O–H groups in total. The van der Waals surface area contributed by atoms with Crippen molar-refractivity contribution >= 4 is 12.0 Å². The number of carbonyl (C=O) groups is 2. The van der Waals surface area contributed by atoms with Crippen molar-refractivity contribution in [2.45, 2.75) is 52.2 Å². The maximum absolute atomic E-state index is 12.0. The first kappa shape index (κ1) is 19.3. The smallest absolute Gasteiger partial charge is 0.408 e. The Bertz CT molecular complexity index is 585. The predicted octanol–water partition coefficient (Wildman–Crippen LogP) is 2.37. The Labute approximate surface area is 149 Å². The molecule has 1 fully saturated rings. The summed E-state index contributed by atoms with van der Waals surface area (Å²) >= 11 is 0. The summed E-state index contributed by atoms with van der Waals surface area (Å²) in [5, 5.41) is 5.34. The van der Waals surface area contributed by atoms with E-state index in [0.29, 0.717) is 6.54 Å². The molecule has 0 spiro atoms. The van der Waals surface area contributed by atoms with Gasteiger partial charge in [-0.1, -0.05) is 0 Å². The molecule has 140 valence electrons. The van der Waals surface area contributed by atoms with Crippen molar-refractivity contribution in [2.24, 2.45) is 0 Å². The van der Waals surface area contributed by atoms with Gasteiger partial charge in [-0.3, -0.25) is 9.69 Å². The molecule has 1 saturated heterocycles. The van der Waals surface area contributed by atoms with Crippen molar-refractivity contribution in [3.05, 3.63) is 23.7 Å². The van der Waals surface area contributed by atoms with E-state index in [2.05, 4.69) is 15.5 Å². The van der Waals surface area contributed by atoms with E-state index in [1.165, 1.54) is 0 Å². The fourth-order valence-corrected chi connectivity index (χ4v) is 2.84. The Hall–Kier alpha value is -2.02.